The fourth-order valence-electron chi connectivity index (χ4n) is 5.89. The fraction of sp³-hybridized carbons (Fsp3) is 0.406. The van der Waals surface area contributed by atoms with E-state index in [0.29, 0.717) is 17.9 Å². The molecule has 0 saturated carbocycles. The number of benzene rings is 1. The highest BCUT2D eigenvalue weighted by Crippen LogP contribution is 2.34. The van der Waals surface area contributed by atoms with Crippen molar-refractivity contribution in [1.82, 2.24) is 29.4 Å². The van der Waals surface area contributed by atoms with Gasteiger partial charge < -0.3 is 29.7 Å². The van der Waals surface area contributed by atoms with Crippen LogP contribution < -0.4 is 20.5 Å². The molecule has 0 spiro atoms. The molecule has 3 aromatic heterocycles. The number of aromatic hydroxyl groups is 1. The molecule has 4 aromatic rings. The molecule has 0 radical (unpaired) electrons. The first-order valence-electron chi connectivity index (χ1n) is 15.3. The molecule has 1 aliphatic heterocycles. The molecule has 49 heavy (non-hydrogen) atoms. The maximum atomic E-state index is 14.3. The number of aryl methyl sites for hydroxylation is 1. The van der Waals surface area contributed by atoms with Crippen LogP contribution in [0.15, 0.2) is 35.5 Å². The minimum Gasteiger partial charge on any atom is -0.504 e. The van der Waals surface area contributed by atoms with Gasteiger partial charge in [0.2, 0.25) is 11.3 Å². The molecular formula is C32H35ClF3N9O4. The maximum Gasteiger partial charge on any atom is 0.416 e. The zero-order chi connectivity index (χ0) is 36.0. The molecule has 1 aliphatic rings. The van der Waals surface area contributed by atoms with Crippen LogP contribution in [0, 0.1) is 6.92 Å². The molecule has 1 fully saturated rings. The molecular weight excluding hydrogens is 667 g/mol. The van der Waals surface area contributed by atoms with E-state index in [-0.39, 0.29) is 70.9 Å². The lowest BCUT2D eigenvalue weighted by Crippen LogP contribution is -2.62. The number of pyridine rings is 1. The second kappa shape index (κ2) is 13.1. The Morgan fingerprint density at radius 3 is 2.47 bits per heavy atom. The van der Waals surface area contributed by atoms with Crippen LogP contribution >= 0.6 is 11.6 Å². The first-order chi connectivity index (χ1) is 22.9. The van der Waals surface area contributed by atoms with E-state index in [2.05, 4.69) is 25.3 Å². The van der Waals surface area contributed by atoms with Gasteiger partial charge in [0.25, 0.3) is 5.91 Å². The molecule has 5 rings (SSSR count). The quantitative estimate of drug-likeness (QED) is 0.286. The highest BCUT2D eigenvalue weighted by atomic mass is 35.5. The van der Waals surface area contributed by atoms with Crippen LogP contribution in [0.2, 0.25) is 5.02 Å². The van der Waals surface area contributed by atoms with Gasteiger partial charge >= 0.3 is 6.18 Å². The summed E-state index contributed by atoms with van der Waals surface area (Å²) in [5.74, 6) is -1.01. The van der Waals surface area contributed by atoms with E-state index in [1.54, 1.807) is 35.4 Å². The van der Waals surface area contributed by atoms with E-state index in [1.807, 2.05) is 25.7 Å². The van der Waals surface area contributed by atoms with Gasteiger partial charge in [-0.25, -0.2) is 19.9 Å². The molecule has 260 valence electrons. The van der Waals surface area contributed by atoms with E-state index in [1.165, 1.54) is 12.5 Å². The third kappa shape index (κ3) is 6.82. The summed E-state index contributed by atoms with van der Waals surface area (Å²) in [7, 11) is 3.49. The van der Waals surface area contributed by atoms with Crippen LogP contribution in [0.5, 0.6) is 5.75 Å². The number of carbonyl (C=O) groups is 2. The third-order valence-electron chi connectivity index (χ3n) is 8.36. The standard InChI is InChI=1S/C32H35ClF3N9O4/c1-7-21-26(43-10-11-45(31(3,4)15-43)30(49)25-27(47)17(2)38-16-39-25)28(48)24-29(37-13-22(41-24)42(5)6)44(21)14-23(46)40-20-9-8-18(12-19(20)33)32(34,35)36/h8-9,12-13,16,47H,7,10-11,14-15H2,1-6H3,(H,40,46). The van der Waals surface area contributed by atoms with Crippen LogP contribution in [0.3, 0.4) is 0 Å². The number of aromatic nitrogens is 5. The molecule has 13 nitrogen and oxygen atoms in total. The molecule has 4 heterocycles. The first-order valence-corrected chi connectivity index (χ1v) is 15.7. The summed E-state index contributed by atoms with van der Waals surface area (Å²) in [4.78, 5) is 63.4. The van der Waals surface area contributed by atoms with Crippen molar-refractivity contribution in [2.75, 3.05) is 48.8 Å². The number of hydrogen-bond donors (Lipinski definition) is 2. The fourth-order valence-corrected chi connectivity index (χ4v) is 6.12. The Morgan fingerprint density at radius 1 is 1.14 bits per heavy atom. The van der Waals surface area contributed by atoms with Gasteiger partial charge in [-0.3, -0.25) is 14.4 Å². The van der Waals surface area contributed by atoms with Crippen molar-refractivity contribution < 1.29 is 27.9 Å². The first kappa shape index (κ1) is 35.3. The smallest absolute Gasteiger partial charge is 0.416 e. The Bertz CT molecular complexity index is 2020. The zero-order valence-corrected chi connectivity index (χ0v) is 28.4. The van der Waals surface area contributed by atoms with Gasteiger partial charge in [0.15, 0.2) is 22.6 Å². The second-order valence-corrected chi connectivity index (χ2v) is 12.9. The van der Waals surface area contributed by atoms with Crippen LogP contribution in [0.1, 0.15) is 48.2 Å². The summed E-state index contributed by atoms with van der Waals surface area (Å²) in [6.07, 6.45) is -1.64. The number of nitrogens with one attached hydrogen (secondary N) is 1. The topological polar surface area (TPSA) is 150 Å². The van der Waals surface area contributed by atoms with Crippen LogP contribution in [-0.4, -0.2) is 85.6 Å². The Morgan fingerprint density at radius 2 is 1.86 bits per heavy atom. The molecule has 0 atom stereocenters. The molecule has 2 N–H and O–H groups in total. The van der Waals surface area contributed by atoms with Crippen LogP contribution in [0.25, 0.3) is 11.2 Å². The molecule has 0 unspecified atom stereocenters. The number of alkyl halides is 3. The molecule has 17 heteroatoms. The Balaban J connectivity index is 1.55. The van der Waals surface area contributed by atoms with Gasteiger partial charge in [-0.1, -0.05) is 18.5 Å². The SMILES string of the molecule is CCc1c(N2CCN(C(=O)c3ncnc(C)c3O)C(C)(C)C2)c(=O)c2nc(N(C)C)cnc2n1CC(=O)Nc1ccc(C(F)(F)F)cc1Cl. The Hall–Kier alpha value is -4.99. The molecule has 1 aromatic carbocycles. The summed E-state index contributed by atoms with van der Waals surface area (Å²) in [6.45, 7) is 7.28. The monoisotopic (exact) mass is 701 g/mol. The number of halogens is 4. The average Bonchev–Trinajstić information content (AvgIpc) is 3.02. The summed E-state index contributed by atoms with van der Waals surface area (Å²) >= 11 is 6.10. The van der Waals surface area contributed by atoms with Gasteiger partial charge in [0, 0.05) is 39.4 Å². The number of fused-ring (bicyclic) bond motifs is 1. The normalized spacial score (nSPS) is 14.7. The van der Waals surface area contributed by atoms with Crippen molar-refractivity contribution in [3.05, 3.63) is 68.6 Å². The summed E-state index contributed by atoms with van der Waals surface area (Å²) in [6, 6.07) is 2.63. The zero-order valence-electron chi connectivity index (χ0n) is 27.7. The van der Waals surface area contributed by atoms with Gasteiger partial charge in [0.1, 0.15) is 24.4 Å². The number of amides is 2. The number of carbonyl (C=O) groups excluding carboxylic acids is 2. The van der Waals surface area contributed by atoms with E-state index in [9.17, 15) is 32.7 Å². The predicted molar refractivity (Wildman–Crippen MR) is 178 cm³/mol. The average molecular weight is 702 g/mol. The lowest BCUT2D eigenvalue weighted by atomic mass is 9.96. The number of nitrogens with zero attached hydrogens (tertiary/aromatic N) is 8. The van der Waals surface area contributed by atoms with Crippen molar-refractivity contribution in [3.63, 3.8) is 0 Å². The van der Waals surface area contributed by atoms with Crippen molar-refractivity contribution >= 4 is 51.8 Å². The number of piperazine rings is 1. The lowest BCUT2D eigenvalue weighted by Gasteiger charge is -2.48. The molecule has 2 amide bonds. The van der Waals surface area contributed by atoms with Gasteiger partial charge in [-0.2, -0.15) is 13.2 Å². The number of anilines is 3. The van der Waals surface area contributed by atoms with Gasteiger partial charge in [-0.05, 0) is 45.4 Å². The summed E-state index contributed by atoms with van der Waals surface area (Å²) in [5.41, 5.74) is -1.19. The Labute approximate surface area is 284 Å². The van der Waals surface area contributed by atoms with E-state index in [4.69, 9.17) is 11.6 Å². The summed E-state index contributed by atoms with van der Waals surface area (Å²) in [5, 5.41) is 12.8. The Kier molecular flexibility index (Phi) is 9.47. The minimum absolute atomic E-state index is 0.0106. The summed E-state index contributed by atoms with van der Waals surface area (Å²) < 4.78 is 41.1. The van der Waals surface area contributed by atoms with Crippen molar-refractivity contribution in [1.29, 1.82) is 0 Å². The number of hydrogen-bond acceptors (Lipinski definition) is 10. The second-order valence-electron chi connectivity index (χ2n) is 12.4. The molecule has 0 bridgehead atoms. The van der Waals surface area contributed by atoms with Gasteiger partial charge in [0.05, 0.1) is 33.7 Å². The highest BCUT2D eigenvalue weighted by Gasteiger charge is 2.40. The van der Waals surface area contributed by atoms with E-state index in [0.717, 1.165) is 18.2 Å². The number of rotatable bonds is 7. The third-order valence-corrected chi connectivity index (χ3v) is 8.67. The minimum atomic E-state index is -4.61. The largest absolute Gasteiger partial charge is 0.504 e. The van der Waals surface area contributed by atoms with Gasteiger partial charge in [-0.15, -0.1) is 0 Å². The molecule has 1 saturated heterocycles. The van der Waals surface area contributed by atoms with E-state index < -0.39 is 34.5 Å². The van der Waals surface area contributed by atoms with Crippen LogP contribution in [0.4, 0.5) is 30.4 Å². The molecule has 0 aliphatic carbocycles. The highest BCUT2D eigenvalue weighted by molar-refractivity contribution is 6.33. The lowest BCUT2D eigenvalue weighted by molar-refractivity contribution is -0.137. The maximum absolute atomic E-state index is 14.3. The van der Waals surface area contributed by atoms with Crippen molar-refractivity contribution in [2.24, 2.45) is 0 Å². The van der Waals surface area contributed by atoms with Crippen molar-refractivity contribution in [2.45, 2.75) is 52.4 Å². The van der Waals surface area contributed by atoms with E-state index >= 15 is 0 Å². The predicted octanol–water partition coefficient (Wildman–Crippen LogP) is 4.28. The van der Waals surface area contributed by atoms with Crippen LogP contribution in [-0.2, 0) is 23.9 Å². The van der Waals surface area contributed by atoms with Crippen molar-refractivity contribution in [3.8, 4) is 5.75 Å².